The Bertz CT molecular complexity index is 1270. The van der Waals surface area contributed by atoms with Crippen molar-refractivity contribution < 1.29 is 42.1 Å². The monoisotopic (exact) mass is 576 g/mol. The van der Waals surface area contributed by atoms with E-state index in [1.165, 1.54) is 23.1 Å². The molecule has 8 nitrogen and oxygen atoms in total. The van der Waals surface area contributed by atoms with Crippen molar-refractivity contribution in [3.8, 4) is 11.5 Å². The molecule has 1 saturated carbocycles. The van der Waals surface area contributed by atoms with Crippen molar-refractivity contribution in [2.45, 2.75) is 64.6 Å². The van der Waals surface area contributed by atoms with Gasteiger partial charge in [-0.25, -0.2) is 4.79 Å². The molecule has 1 aliphatic carbocycles. The first-order chi connectivity index (χ1) is 19.3. The maximum Gasteiger partial charge on any atom is 0.573 e. The lowest BCUT2D eigenvalue weighted by Crippen LogP contribution is -2.44. The Morgan fingerprint density at radius 2 is 1.76 bits per heavy atom. The Morgan fingerprint density at radius 3 is 2.37 bits per heavy atom. The first kappa shape index (κ1) is 30.2. The number of rotatable bonds is 9. The lowest BCUT2D eigenvalue weighted by Gasteiger charge is -2.34. The van der Waals surface area contributed by atoms with Gasteiger partial charge in [-0.3, -0.25) is 4.79 Å². The van der Waals surface area contributed by atoms with E-state index in [0.717, 1.165) is 24.0 Å². The molecule has 0 unspecified atom stereocenters. The normalized spacial score (nSPS) is 15.9. The minimum atomic E-state index is -4.82. The molecule has 0 radical (unpaired) electrons. The van der Waals surface area contributed by atoms with Gasteiger partial charge in [0, 0.05) is 24.7 Å². The van der Waals surface area contributed by atoms with E-state index in [-0.39, 0.29) is 44.0 Å². The van der Waals surface area contributed by atoms with Crippen molar-refractivity contribution >= 4 is 17.6 Å². The number of benzene rings is 2. The van der Waals surface area contributed by atoms with Crippen LogP contribution in [0.4, 0.5) is 18.0 Å². The molecule has 41 heavy (non-hydrogen) atoms. The molecule has 2 aromatic carbocycles. The highest BCUT2D eigenvalue weighted by Gasteiger charge is 2.38. The number of aliphatic hydroxyl groups is 1. The molecule has 11 heteroatoms. The van der Waals surface area contributed by atoms with Gasteiger partial charge in [0.1, 0.15) is 23.7 Å². The number of amides is 2. The molecule has 1 aliphatic heterocycles. The summed E-state index contributed by atoms with van der Waals surface area (Å²) in [4.78, 5) is 30.3. The van der Waals surface area contributed by atoms with Crippen molar-refractivity contribution in [2.24, 2.45) is 0 Å². The molecule has 0 aromatic heterocycles. The molecule has 4 rings (SSSR count). The Morgan fingerprint density at radius 1 is 1.05 bits per heavy atom. The van der Waals surface area contributed by atoms with Crippen molar-refractivity contribution in [3.05, 3.63) is 65.2 Å². The highest BCUT2D eigenvalue weighted by Crippen LogP contribution is 2.35. The number of nitrogens with zero attached hydrogens (tertiary/aromatic N) is 2. The zero-order valence-corrected chi connectivity index (χ0v) is 23.4. The average molecular weight is 577 g/mol. The van der Waals surface area contributed by atoms with Gasteiger partial charge in [-0.15, -0.1) is 13.2 Å². The largest absolute Gasteiger partial charge is 0.573 e. The standard InChI is InChI=1S/C30H35F3N2O6/c1-29(2,3)41-28(38)34-14-13-25(21-7-11-23(12-8-21)39-16-15-36)26(19-34)27(37)35(22-9-10-22)18-20-5-4-6-24(17-20)40-30(31,32)33/h4-8,11-12,17,22,36H,9-10,13-16,18-19H2,1-3H3. The smallest absolute Gasteiger partial charge is 0.491 e. The highest BCUT2D eigenvalue weighted by molar-refractivity contribution is 6.03. The van der Waals surface area contributed by atoms with E-state index >= 15 is 0 Å². The third-order valence-corrected chi connectivity index (χ3v) is 6.55. The summed E-state index contributed by atoms with van der Waals surface area (Å²) >= 11 is 0. The van der Waals surface area contributed by atoms with Gasteiger partial charge in [0.2, 0.25) is 0 Å². The number of halogens is 3. The fourth-order valence-corrected chi connectivity index (χ4v) is 4.64. The highest BCUT2D eigenvalue weighted by atomic mass is 19.4. The zero-order valence-electron chi connectivity index (χ0n) is 23.4. The second-order valence-corrected chi connectivity index (χ2v) is 11.1. The van der Waals surface area contributed by atoms with Crippen LogP contribution < -0.4 is 9.47 Å². The Hall–Kier alpha value is -3.73. The molecular formula is C30H35F3N2O6. The fraction of sp³-hybridized carbons (Fsp3) is 0.467. The lowest BCUT2D eigenvalue weighted by atomic mass is 9.92. The van der Waals surface area contributed by atoms with Crippen LogP contribution in [0.5, 0.6) is 11.5 Å². The van der Waals surface area contributed by atoms with Crippen molar-refractivity contribution in [2.75, 3.05) is 26.3 Å². The molecule has 2 amide bonds. The summed E-state index contributed by atoms with van der Waals surface area (Å²) in [5, 5.41) is 9.02. The number of ether oxygens (including phenoxy) is 3. The second-order valence-electron chi connectivity index (χ2n) is 11.1. The fourth-order valence-electron chi connectivity index (χ4n) is 4.64. The molecule has 222 valence electrons. The third-order valence-electron chi connectivity index (χ3n) is 6.55. The van der Waals surface area contributed by atoms with Gasteiger partial charge in [-0.1, -0.05) is 24.3 Å². The summed E-state index contributed by atoms with van der Waals surface area (Å²) in [5.41, 5.74) is 1.80. The average Bonchev–Trinajstić information content (AvgIpc) is 3.74. The molecule has 2 aromatic rings. The molecule has 2 aliphatic rings. The van der Waals surface area contributed by atoms with Gasteiger partial charge >= 0.3 is 12.5 Å². The molecular weight excluding hydrogens is 541 g/mol. The maximum atomic E-state index is 14.2. The van der Waals surface area contributed by atoms with Crippen LogP contribution in [0.3, 0.4) is 0 Å². The summed E-state index contributed by atoms with van der Waals surface area (Å²) in [7, 11) is 0. The molecule has 1 fully saturated rings. The molecule has 0 spiro atoms. The van der Waals surface area contributed by atoms with E-state index in [1.807, 2.05) is 12.1 Å². The van der Waals surface area contributed by atoms with Crippen molar-refractivity contribution in [1.82, 2.24) is 9.80 Å². The van der Waals surface area contributed by atoms with E-state index in [4.69, 9.17) is 14.6 Å². The van der Waals surface area contributed by atoms with E-state index in [2.05, 4.69) is 4.74 Å². The summed E-state index contributed by atoms with van der Waals surface area (Å²) in [6, 6.07) is 12.7. The van der Waals surface area contributed by atoms with Gasteiger partial charge in [-0.2, -0.15) is 0 Å². The Kier molecular flexibility index (Phi) is 9.16. The van der Waals surface area contributed by atoms with Crippen molar-refractivity contribution in [3.63, 3.8) is 0 Å². The minimum absolute atomic E-state index is 0.0340. The lowest BCUT2D eigenvalue weighted by molar-refractivity contribution is -0.274. The zero-order chi connectivity index (χ0) is 29.8. The SMILES string of the molecule is CC(C)(C)OC(=O)N1CCC(c2ccc(OCCO)cc2)=C(C(=O)N(Cc2cccc(OC(F)(F)F)c2)C2CC2)C1. The molecule has 1 N–H and O–H groups in total. The van der Waals surface area contributed by atoms with Crippen LogP contribution in [0.1, 0.15) is 51.2 Å². The first-order valence-electron chi connectivity index (χ1n) is 13.5. The predicted molar refractivity (Wildman–Crippen MR) is 145 cm³/mol. The van der Waals surface area contributed by atoms with Crippen LogP contribution in [0.15, 0.2) is 54.1 Å². The summed E-state index contributed by atoms with van der Waals surface area (Å²) < 4.78 is 53.5. The summed E-state index contributed by atoms with van der Waals surface area (Å²) in [6.45, 7) is 5.83. The Labute approximate surface area is 237 Å². The quantitative estimate of drug-likeness (QED) is 0.422. The summed E-state index contributed by atoms with van der Waals surface area (Å²) in [6.07, 6.45) is -3.38. The minimum Gasteiger partial charge on any atom is -0.491 e. The first-order valence-corrected chi connectivity index (χ1v) is 13.5. The van der Waals surface area contributed by atoms with Gasteiger partial charge in [0.15, 0.2) is 0 Å². The number of carbonyl (C=O) groups excluding carboxylic acids is 2. The number of alkyl halides is 3. The molecule has 0 bridgehead atoms. The molecule has 0 atom stereocenters. The van der Waals surface area contributed by atoms with Gasteiger partial charge < -0.3 is 29.1 Å². The van der Waals surface area contributed by atoms with Gasteiger partial charge in [-0.05, 0) is 81.0 Å². The predicted octanol–water partition coefficient (Wildman–Crippen LogP) is 5.54. The van der Waals surface area contributed by atoms with E-state index in [0.29, 0.717) is 29.9 Å². The second kappa shape index (κ2) is 12.4. The number of hydrogen-bond donors (Lipinski definition) is 1. The van der Waals surface area contributed by atoms with Crippen LogP contribution in [0, 0.1) is 0 Å². The third kappa shape index (κ3) is 8.63. The number of aliphatic hydroxyl groups excluding tert-OH is 1. The number of carbonyl (C=O) groups is 2. The van der Waals surface area contributed by atoms with Crippen LogP contribution in [0.25, 0.3) is 5.57 Å². The molecule has 1 heterocycles. The van der Waals surface area contributed by atoms with E-state index < -0.39 is 18.1 Å². The topological polar surface area (TPSA) is 88.5 Å². The van der Waals surface area contributed by atoms with Gasteiger partial charge in [0.25, 0.3) is 5.91 Å². The van der Waals surface area contributed by atoms with Gasteiger partial charge in [0.05, 0.1) is 13.2 Å². The van der Waals surface area contributed by atoms with Crippen LogP contribution in [0.2, 0.25) is 0 Å². The van der Waals surface area contributed by atoms with Crippen LogP contribution >= 0.6 is 0 Å². The summed E-state index contributed by atoms with van der Waals surface area (Å²) in [5.74, 6) is -0.0584. The number of hydrogen-bond acceptors (Lipinski definition) is 6. The van der Waals surface area contributed by atoms with E-state index in [1.54, 1.807) is 43.9 Å². The van der Waals surface area contributed by atoms with Crippen molar-refractivity contribution in [1.29, 1.82) is 0 Å². The maximum absolute atomic E-state index is 14.2. The van der Waals surface area contributed by atoms with E-state index in [9.17, 15) is 22.8 Å². The Balaban J connectivity index is 1.65. The van der Waals surface area contributed by atoms with Crippen LogP contribution in [-0.2, 0) is 16.1 Å². The molecule has 0 saturated heterocycles. The van der Waals surface area contributed by atoms with Crippen LogP contribution in [-0.4, -0.2) is 71.2 Å².